The molecule has 1 amide bonds. The molecule has 0 fully saturated rings. The molecule has 0 radical (unpaired) electrons. The number of ether oxygens (including phenoxy) is 1. The third-order valence-electron chi connectivity index (χ3n) is 2.51. The molecule has 0 aliphatic carbocycles. The van der Waals surface area contributed by atoms with Crippen molar-refractivity contribution < 1.29 is 14.6 Å². The highest BCUT2D eigenvalue weighted by Crippen LogP contribution is 2.13. The number of hydrogen-bond acceptors (Lipinski definition) is 4. The summed E-state index contributed by atoms with van der Waals surface area (Å²) in [6.45, 7) is 7.03. The van der Waals surface area contributed by atoms with E-state index < -0.39 is 6.10 Å². The highest BCUT2D eigenvalue weighted by atomic mass is 16.5. The van der Waals surface area contributed by atoms with Gasteiger partial charge in [-0.25, -0.2) is 0 Å². The zero-order valence-corrected chi connectivity index (χ0v) is 12.3. The third kappa shape index (κ3) is 7.11. The summed E-state index contributed by atoms with van der Waals surface area (Å²) in [5, 5.41) is 15.6. The molecule has 20 heavy (non-hydrogen) atoms. The van der Waals surface area contributed by atoms with E-state index >= 15 is 0 Å². The number of nitrogens with one attached hydrogen (secondary N) is 2. The van der Waals surface area contributed by atoms with Gasteiger partial charge in [0.05, 0.1) is 12.7 Å². The second kappa shape index (κ2) is 8.55. The fraction of sp³-hybridized carbons (Fsp3) is 0.533. The van der Waals surface area contributed by atoms with Crippen LogP contribution in [0.1, 0.15) is 20.8 Å². The van der Waals surface area contributed by atoms with Crippen LogP contribution >= 0.6 is 0 Å². The highest BCUT2D eigenvalue weighted by molar-refractivity contribution is 5.88. The van der Waals surface area contributed by atoms with E-state index in [9.17, 15) is 9.90 Å². The van der Waals surface area contributed by atoms with Gasteiger partial charge in [-0.05, 0) is 30.2 Å². The van der Waals surface area contributed by atoms with Crippen LogP contribution in [0.3, 0.4) is 0 Å². The first kappa shape index (κ1) is 16.5. The predicted molar refractivity (Wildman–Crippen MR) is 80.9 cm³/mol. The van der Waals surface area contributed by atoms with Crippen LogP contribution in [0.4, 0.5) is 11.4 Å². The Morgan fingerprint density at radius 1 is 1.20 bits per heavy atom. The van der Waals surface area contributed by atoms with Crippen LogP contribution in [0, 0.1) is 5.92 Å². The fourth-order valence-electron chi connectivity index (χ4n) is 1.61. The van der Waals surface area contributed by atoms with Crippen molar-refractivity contribution >= 4 is 17.3 Å². The van der Waals surface area contributed by atoms with E-state index in [0.29, 0.717) is 25.7 Å². The van der Waals surface area contributed by atoms with Crippen molar-refractivity contribution in [2.75, 3.05) is 30.4 Å². The minimum Gasteiger partial charge on any atom is -0.389 e. The standard InChI is InChI=1S/C15H24N2O3/c1-11(2)9-20-10-15(19)8-16-13-4-6-14(7-5-13)17-12(3)18/h4-7,11,15-16,19H,8-10H2,1-3H3,(H,17,18). The summed E-state index contributed by atoms with van der Waals surface area (Å²) >= 11 is 0. The lowest BCUT2D eigenvalue weighted by Crippen LogP contribution is -2.25. The van der Waals surface area contributed by atoms with Gasteiger partial charge in [0, 0.05) is 31.5 Å². The van der Waals surface area contributed by atoms with E-state index in [1.165, 1.54) is 6.92 Å². The third-order valence-corrected chi connectivity index (χ3v) is 2.51. The maximum atomic E-state index is 10.9. The Morgan fingerprint density at radius 2 is 1.80 bits per heavy atom. The highest BCUT2D eigenvalue weighted by Gasteiger charge is 2.05. The van der Waals surface area contributed by atoms with E-state index in [0.717, 1.165) is 11.4 Å². The molecule has 0 aromatic heterocycles. The van der Waals surface area contributed by atoms with Crippen LogP contribution in [0.5, 0.6) is 0 Å². The predicted octanol–water partition coefficient (Wildman–Crippen LogP) is 2.09. The van der Waals surface area contributed by atoms with E-state index in [2.05, 4.69) is 24.5 Å². The summed E-state index contributed by atoms with van der Waals surface area (Å²) in [5.74, 6) is 0.375. The molecule has 0 bridgehead atoms. The largest absolute Gasteiger partial charge is 0.389 e. The van der Waals surface area contributed by atoms with Crippen molar-refractivity contribution in [1.82, 2.24) is 0 Å². The van der Waals surface area contributed by atoms with Gasteiger partial charge in [0.1, 0.15) is 0 Å². The monoisotopic (exact) mass is 280 g/mol. The Labute approximate surface area is 120 Å². The molecule has 0 heterocycles. The molecule has 1 unspecified atom stereocenters. The minimum atomic E-state index is -0.538. The Hall–Kier alpha value is -1.59. The normalized spacial score (nSPS) is 12.2. The summed E-state index contributed by atoms with van der Waals surface area (Å²) in [5.41, 5.74) is 1.64. The van der Waals surface area contributed by atoms with E-state index in [1.807, 2.05) is 24.3 Å². The first-order valence-corrected chi connectivity index (χ1v) is 6.84. The summed E-state index contributed by atoms with van der Waals surface area (Å²) < 4.78 is 5.37. The van der Waals surface area contributed by atoms with Gasteiger partial charge < -0.3 is 20.5 Å². The van der Waals surface area contributed by atoms with E-state index in [-0.39, 0.29) is 5.91 Å². The van der Waals surface area contributed by atoms with Gasteiger partial charge in [-0.3, -0.25) is 4.79 Å². The SMILES string of the molecule is CC(=O)Nc1ccc(NCC(O)COCC(C)C)cc1. The molecule has 0 saturated carbocycles. The van der Waals surface area contributed by atoms with Crippen LogP contribution in [0.15, 0.2) is 24.3 Å². The molecule has 0 aliphatic rings. The molecule has 0 saturated heterocycles. The van der Waals surface area contributed by atoms with Crippen molar-refractivity contribution in [3.05, 3.63) is 24.3 Å². The Bertz CT molecular complexity index is 404. The van der Waals surface area contributed by atoms with Gasteiger partial charge in [-0.1, -0.05) is 13.8 Å². The second-order valence-corrected chi connectivity index (χ2v) is 5.22. The van der Waals surface area contributed by atoms with Gasteiger partial charge in [-0.15, -0.1) is 0 Å². The number of carbonyl (C=O) groups is 1. The second-order valence-electron chi connectivity index (χ2n) is 5.22. The number of amides is 1. The van der Waals surface area contributed by atoms with Gasteiger partial charge >= 0.3 is 0 Å². The Morgan fingerprint density at radius 3 is 2.35 bits per heavy atom. The maximum absolute atomic E-state index is 10.9. The smallest absolute Gasteiger partial charge is 0.221 e. The molecule has 3 N–H and O–H groups in total. The van der Waals surface area contributed by atoms with Crippen LogP contribution in [0.25, 0.3) is 0 Å². The summed E-state index contributed by atoms with van der Waals surface area (Å²) in [6.07, 6.45) is -0.538. The summed E-state index contributed by atoms with van der Waals surface area (Å²) in [7, 11) is 0. The average molecular weight is 280 g/mol. The number of hydrogen-bond donors (Lipinski definition) is 3. The topological polar surface area (TPSA) is 70.6 Å². The van der Waals surface area contributed by atoms with Crippen molar-refractivity contribution in [1.29, 1.82) is 0 Å². The van der Waals surface area contributed by atoms with Crippen molar-refractivity contribution in [3.63, 3.8) is 0 Å². The summed E-state index contributed by atoms with van der Waals surface area (Å²) in [4.78, 5) is 10.9. The maximum Gasteiger partial charge on any atom is 0.221 e. The molecule has 0 spiro atoms. The number of carbonyl (C=O) groups excluding carboxylic acids is 1. The lowest BCUT2D eigenvalue weighted by molar-refractivity contribution is -0.114. The van der Waals surface area contributed by atoms with Crippen LogP contribution in [0.2, 0.25) is 0 Å². The zero-order valence-electron chi connectivity index (χ0n) is 12.3. The van der Waals surface area contributed by atoms with Gasteiger partial charge in [0.15, 0.2) is 0 Å². The van der Waals surface area contributed by atoms with E-state index in [1.54, 1.807) is 0 Å². The first-order valence-electron chi connectivity index (χ1n) is 6.84. The first-order chi connectivity index (χ1) is 9.47. The molecule has 1 aromatic carbocycles. The zero-order chi connectivity index (χ0) is 15.0. The number of anilines is 2. The lowest BCUT2D eigenvalue weighted by Gasteiger charge is -2.14. The molecule has 5 heteroatoms. The lowest BCUT2D eigenvalue weighted by atomic mass is 10.2. The van der Waals surface area contributed by atoms with Gasteiger partial charge in [0.2, 0.25) is 5.91 Å². The molecule has 5 nitrogen and oxygen atoms in total. The van der Waals surface area contributed by atoms with Crippen molar-refractivity contribution in [2.24, 2.45) is 5.92 Å². The average Bonchev–Trinajstić information content (AvgIpc) is 2.37. The minimum absolute atomic E-state index is 0.0940. The van der Waals surface area contributed by atoms with Crippen LogP contribution in [-0.4, -0.2) is 36.9 Å². The number of aliphatic hydroxyl groups excluding tert-OH is 1. The Balaban J connectivity index is 2.28. The van der Waals surface area contributed by atoms with Crippen molar-refractivity contribution in [3.8, 4) is 0 Å². The van der Waals surface area contributed by atoms with Crippen LogP contribution < -0.4 is 10.6 Å². The molecule has 112 valence electrons. The summed E-state index contributed by atoms with van der Waals surface area (Å²) in [6, 6.07) is 7.33. The Kier molecular flexibility index (Phi) is 7.04. The van der Waals surface area contributed by atoms with Crippen LogP contribution in [-0.2, 0) is 9.53 Å². The number of rotatable bonds is 8. The van der Waals surface area contributed by atoms with E-state index in [4.69, 9.17) is 4.74 Å². The van der Waals surface area contributed by atoms with Gasteiger partial charge in [0.25, 0.3) is 0 Å². The molecule has 1 rings (SSSR count). The number of aliphatic hydroxyl groups is 1. The molecule has 1 atom stereocenters. The van der Waals surface area contributed by atoms with Crippen molar-refractivity contribution in [2.45, 2.75) is 26.9 Å². The quantitative estimate of drug-likeness (QED) is 0.682. The molecule has 0 aliphatic heterocycles. The molecular weight excluding hydrogens is 256 g/mol. The van der Waals surface area contributed by atoms with Gasteiger partial charge in [-0.2, -0.15) is 0 Å². The number of benzene rings is 1. The molecular formula is C15H24N2O3. The molecule has 1 aromatic rings. The fourth-order valence-corrected chi connectivity index (χ4v) is 1.61.